The molecule has 168 valence electrons. The van der Waals surface area contributed by atoms with Gasteiger partial charge in [-0.15, -0.1) is 0 Å². The number of nitrogens with one attached hydrogen (secondary N) is 1. The van der Waals surface area contributed by atoms with Crippen molar-refractivity contribution in [1.82, 2.24) is 0 Å². The zero-order valence-corrected chi connectivity index (χ0v) is 19.3. The van der Waals surface area contributed by atoms with Crippen molar-refractivity contribution in [3.63, 3.8) is 0 Å². The van der Waals surface area contributed by atoms with E-state index in [4.69, 9.17) is 17.3 Å². The maximum atomic E-state index is 14.0. The van der Waals surface area contributed by atoms with E-state index in [-0.39, 0.29) is 11.7 Å². The smallest absolute Gasteiger partial charge is 0.168 e. The Morgan fingerprint density at radius 3 is 2.45 bits per heavy atom. The van der Waals surface area contributed by atoms with E-state index in [1.165, 1.54) is 12.1 Å². The second-order valence-electron chi connectivity index (χ2n) is 8.35. The van der Waals surface area contributed by atoms with Gasteiger partial charge in [0.05, 0.1) is 5.70 Å². The van der Waals surface area contributed by atoms with Gasteiger partial charge in [0.25, 0.3) is 0 Å². The Hall–Kier alpha value is -3.21. The van der Waals surface area contributed by atoms with Crippen LogP contribution in [0.3, 0.4) is 0 Å². The summed E-state index contributed by atoms with van der Waals surface area (Å²) in [4.78, 5) is 13.1. The molecule has 0 aliphatic heterocycles. The van der Waals surface area contributed by atoms with E-state index in [0.717, 1.165) is 40.8 Å². The Labute approximate surface area is 198 Å². The number of allylic oxidation sites excluding steroid dienone is 2. The van der Waals surface area contributed by atoms with Gasteiger partial charge in [0.1, 0.15) is 5.82 Å². The average molecular weight is 461 g/mol. The maximum Gasteiger partial charge on any atom is 0.168 e. The van der Waals surface area contributed by atoms with Crippen LogP contribution in [0, 0.1) is 18.7 Å². The number of hydrogen-bond acceptors (Lipinski definition) is 3. The van der Waals surface area contributed by atoms with Crippen molar-refractivity contribution in [2.24, 2.45) is 11.7 Å². The van der Waals surface area contributed by atoms with Crippen LogP contribution in [0.25, 0.3) is 16.8 Å². The first kappa shape index (κ1) is 23.0. The highest BCUT2D eigenvalue weighted by atomic mass is 35.5. The SMILES string of the molecule is C=C/C(C(=O)C1CC1)=C(/Nc1ccc(CN)cc1)c1cc(-c2cc(F)cc(Cl)c2)ccc1C. The van der Waals surface area contributed by atoms with E-state index in [1.54, 1.807) is 12.1 Å². The van der Waals surface area contributed by atoms with Gasteiger partial charge in [0.15, 0.2) is 5.78 Å². The van der Waals surface area contributed by atoms with E-state index in [9.17, 15) is 9.18 Å². The zero-order chi connectivity index (χ0) is 23.5. The first-order chi connectivity index (χ1) is 15.9. The number of benzene rings is 3. The Kier molecular flexibility index (Phi) is 6.77. The molecule has 5 heteroatoms. The van der Waals surface area contributed by atoms with Crippen LogP contribution in [0.1, 0.15) is 29.5 Å². The van der Waals surface area contributed by atoms with Crippen molar-refractivity contribution in [3.8, 4) is 11.1 Å². The number of halogens is 2. The van der Waals surface area contributed by atoms with Crippen molar-refractivity contribution in [3.05, 3.63) is 106 Å². The number of carbonyl (C=O) groups is 1. The molecule has 3 nitrogen and oxygen atoms in total. The van der Waals surface area contributed by atoms with Gasteiger partial charge in [-0.25, -0.2) is 4.39 Å². The van der Waals surface area contributed by atoms with Crippen LogP contribution in [0.5, 0.6) is 0 Å². The fourth-order valence-corrected chi connectivity index (χ4v) is 4.05. The van der Waals surface area contributed by atoms with Gasteiger partial charge in [-0.3, -0.25) is 4.79 Å². The number of carbonyl (C=O) groups excluding carboxylic acids is 1. The normalized spacial score (nSPS) is 13.9. The summed E-state index contributed by atoms with van der Waals surface area (Å²) in [6.07, 6.45) is 3.42. The number of Topliss-reactive ketones (excluding diaryl/α,β-unsaturated/α-hetero) is 1. The van der Waals surface area contributed by atoms with E-state index < -0.39 is 5.82 Å². The Morgan fingerprint density at radius 1 is 1.12 bits per heavy atom. The molecule has 33 heavy (non-hydrogen) atoms. The Bertz CT molecular complexity index is 1220. The van der Waals surface area contributed by atoms with Gasteiger partial charge in [0.2, 0.25) is 0 Å². The highest BCUT2D eigenvalue weighted by molar-refractivity contribution is 6.30. The van der Waals surface area contributed by atoms with Crippen LogP contribution in [-0.2, 0) is 11.3 Å². The lowest BCUT2D eigenvalue weighted by atomic mass is 9.93. The standard InChI is InChI=1S/C28H26ClFN2O/c1-3-25(28(33)19-8-9-19)27(32-24-10-5-18(16-31)6-11-24)26-14-20(7-4-17(26)2)21-12-22(29)15-23(30)13-21/h3-7,10-15,19,32H,1,8-9,16,31H2,2H3/b27-25-. The predicted octanol–water partition coefficient (Wildman–Crippen LogP) is 6.90. The van der Waals surface area contributed by atoms with E-state index in [1.807, 2.05) is 49.4 Å². The van der Waals surface area contributed by atoms with Gasteiger partial charge in [-0.1, -0.05) is 48.5 Å². The molecule has 4 rings (SSSR count). The summed E-state index contributed by atoms with van der Waals surface area (Å²) in [5, 5.41) is 3.78. The van der Waals surface area contributed by atoms with Crippen LogP contribution in [0.15, 0.2) is 78.9 Å². The maximum absolute atomic E-state index is 14.0. The Morgan fingerprint density at radius 2 is 1.85 bits per heavy atom. The van der Waals surface area contributed by atoms with Crippen LogP contribution in [0.2, 0.25) is 5.02 Å². The predicted molar refractivity (Wildman–Crippen MR) is 134 cm³/mol. The van der Waals surface area contributed by atoms with Gasteiger partial charge >= 0.3 is 0 Å². The van der Waals surface area contributed by atoms with E-state index >= 15 is 0 Å². The molecule has 0 atom stereocenters. The third kappa shape index (κ3) is 5.24. The summed E-state index contributed by atoms with van der Waals surface area (Å²) in [7, 11) is 0. The lowest BCUT2D eigenvalue weighted by Crippen LogP contribution is -2.12. The molecule has 1 aliphatic rings. The fraction of sp³-hybridized carbons (Fsp3) is 0.179. The molecular formula is C28H26ClFN2O. The highest BCUT2D eigenvalue weighted by Gasteiger charge is 2.32. The average Bonchev–Trinajstić information content (AvgIpc) is 3.64. The highest BCUT2D eigenvalue weighted by Crippen LogP contribution is 2.37. The molecule has 3 N–H and O–H groups in total. The molecule has 0 unspecified atom stereocenters. The van der Waals surface area contributed by atoms with Gasteiger partial charge < -0.3 is 11.1 Å². The van der Waals surface area contributed by atoms with Gasteiger partial charge in [-0.05, 0) is 78.4 Å². The third-order valence-corrected chi connectivity index (χ3v) is 6.07. The zero-order valence-electron chi connectivity index (χ0n) is 18.5. The first-order valence-corrected chi connectivity index (χ1v) is 11.3. The minimum Gasteiger partial charge on any atom is -0.354 e. The lowest BCUT2D eigenvalue weighted by molar-refractivity contribution is -0.116. The summed E-state index contributed by atoms with van der Waals surface area (Å²) in [6.45, 7) is 6.38. The molecule has 3 aromatic carbocycles. The molecular weight excluding hydrogens is 435 g/mol. The molecule has 1 aliphatic carbocycles. The quantitative estimate of drug-likeness (QED) is 0.284. The van der Waals surface area contributed by atoms with Crippen LogP contribution >= 0.6 is 11.6 Å². The number of nitrogens with two attached hydrogens (primary N) is 1. The molecule has 0 saturated heterocycles. The third-order valence-electron chi connectivity index (χ3n) is 5.85. The molecule has 0 amide bonds. The van der Waals surface area contributed by atoms with Gasteiger partial charge in [0, 0.05) is 34.3 Å². The molecule has 0 heterocycles. The number of anilines is 1. The lowest BCUT2D eigenvalue weighted by Gasteiger charge is -2.19. The van der Waals surface area contributed by atoms with Crippen molar-refractivity contribution in [2.45, 2.75) is 26.3 Å². The molecule has 0 spiro atoms. The second kappa shape index (κ2) is 9.74. The molecule has 0 aromatic heterocycles. The van der Waals surface area contributed by atoms with E-state index in [2.05, 4.69) is 11.9 Å². The monoisotopic (exact) mass is 460 g/mol. The number of aryl methyl sites for hydroxylation is 1. The van der Waals surface area contributed by atoms with Crippen molar-refractivity contribution >= 4 is 28.8 Å². The van der Waals surface area contributed by atoms with Crippen molar-refractivity contribution in [1.29, 1.82) is 0 Å². The molecule has 3 aromatic rings. The molecule has 0 radical (unpaired) electrons. The fourth-order valence-electron chi connectivity index (χ4n) is 3.83. The second-order valence-corrected chi connectivity index (χ2v) is 8.78. The number of rotatable bonds is 8. The summed E-state index contributed by atoms with van der Waals surface area (Å²) in [5.74, 6) is -0.270. The molecule has 1 fully saturated rings. The van der Waals surface area contributed by atoms with Crippen LogP contribution in [-0.4, -0.2) is 5.78 Å². The minimum absolute atomic E-state index is 0.0416. The van der Waals surface area contributed by atoms with Crippen molar-refractivity contribution < 1.29 is 9.18 Å². The Balaban J connectivity index is 1.85. The summed E-state index contributed by atoms with van der Waals surface area (Å²) in [6, 6.07) is 18.1. The molecule has 1 saturated carbocycles. The van der Waals surface area contributed by atoms with E-state index in [0.29, 0.717) is 28.4 Å². The summed E-state index contributed by atoms with van der Waals surface area (Å²) < 4.78 is 14.0. The summed E-state index contributed by atoms with van der Waals surface area (Å²) in [5.41, 5.74) is 12.1. The molecule has 0 bridgehead atoms. The minimum atomic E-state index is -0.399. The summed E-state index contributed by atoms with van der Waals surface area (Å²) >= 11 is 6.09. The number of ketones is 1. The topological polar surface area (TPSA) is 55.1 Å². The van der Waals surface area contributed by atoms with Gasteiger partial charge in [-0.2, -0.15) is 0 Å². The van der Waals surface area contributed by atoms with Crippen molar-refractivity contribution in [2.75, 3.05) is 5.32 Å². The number of hydrogen-bond donors (Lipinski definition) is 2. The first-order valence-electron chi connectivity index (χ1n) is 10.9. The largest absolute Gasteiger partial charge is 0.354 e. The van der Waals surface area contributed by atoms with Crippen LogP contribution < -0.4 is 11.1 Å². The van der Waals surface area contributed by atoms with Crippen LogP contribution in [0.4, 0.5) is 10.1 Å².